The van der Waals surface area contributed by atoms with E-state index in [1.165, 1.54) is 24.3 Å². The summed E-state index contributed by atoms with van der Waals surface area (Å²) in [4.78, 5) is 17.8. The highest BCUT2D eigenvalue weighted by atomic mass is 79.9. The highest BCUT2D eigenvalue weighted by Crippen LogP contribution is 2.24. The van der Waals surface area contributed by atoms with Gasteiger partial charge in [0, 0.05) is 27.3 Å². The van der Waals surface area contributed by atoms with Crippen LogP contribution in [0.3, 0.4) is 0 Å². The summed E-state index contributed by atoms with van der Waals surface area (Å²) in [7, 11) is 0. The van der Waals surface area contributed by atoms with Crippen LogP contribution in [0.15, 0.2) is 24.3 Å². The Kier molecular flexibility index (Phi) is 4.00. The van der Waals surface area contributed by atoms with E-state index >= 15 is 0 Å². The van der Waals surface area contributed by atoms with Gasteiger partial charge in [-0.05, 0) is 24.3 Å². The third-order valence-corrected chi connectivity index (χ3v) is 2.03. The summed E-state index contributed by atoms with van der Waals surface area (Å²) in [5.74, 6) is -1.48. The maximum atomic E-state index is 12.5. The van der Waals surface area contributed by atoms with Crippen LogP contribution in [0.5, 0.6) is 0 Å². The summed E-state index contributed by atoms with van der Waals surface area (Å²) >= 11 is 1.93. The Balaban J connectivity index is 2.69. The van der Waals surface area contributed by atoms with E-state index in [9.17, 15) is 18.4 Å². The molecular formula is C9H8BrF2N3O2. The number of urea groups is 1. The van der Waals surface area contributed by atoms with Gasteiger partial charge in [0.15, 0.2) is 0 Å². The molecule has 0 spiro atoms. The summed E-state index contributed by atoms with van der Waals surface area (Å²) in [5.41, 5.74) is 5.44. The molecule has 0 saturated carbocycles. The van der Waals surface area contributed by atoms with Gasteiger partial charge in [-0.2, -0.15) is 8.78 Å². The largest absolute Gasteiger partial charge is 0.378 e. The van der Waals surface area contributed by atoms with E-state index in [2.05, 4.69) is 5.32 Å². The molecule has 0 aromatic heterocycles. The van der Waals surface area contributed by atoms with Crippen molar-refractivity contribution in [2.75, 3.05) is 10.6 Å². The van der Waals surface area contributed by atoms with Crippen molar-refractivity contribution < 1.29 is 18.4 Å². The van der Waals surface area contributed by atoms with Crippen LogP contribution < -0.4 is 16.4 Å². The van der Waals surface area contributed by atoms with Crippen LogP contribution in [0.1, 0.15) is 0 Å². The van der Waals surface area contributed by atoms with E-state index in [-0.39, 0.29) is 5.69 Å². The number of hydrogen-bond acceptors (Lipinski definition) is 2. The van der Waals surface area contributed by atoms with Gasteiger partial charge in [-0.3, -0.25) is 4.79 Å². The molecule has 92 valence electrons. The topological polar surface area (TPSA) is 84.2 Å². The lowest BCUT2D eigenvalue weighted by Crippen LogP contribution is -2.28. The number of nitrogens with two attached hydrogens (primary N) is 1. The molecule has 0 aliphatic carbocycles. The highest BCUT2D eigenvalue weighted by molar-refractivity contribution is 9.10. The number of halogens is 3. The molecule has 5 nitrogen and oxygen atoms in total. The van der Waals surface area contributed by atoms with E-state index in [0.29, 0.717) is 5.69 Å². The standard InChI is InChI=1S/C9H8BrF2N3O2/c10-9(11,12)7(16)14-5-1-3-6(4-2-5)15-8(13)17/h1-4H,(H,14,16)(H3,13,15,17). The molecule has 1 rings (SSSR count). The van der Waals surface area contributed by atoms with E-state index in [0.717, 1.165) is 0 Å². The highest BCUT2D eigenvalue weighted by Gasteiger charge is 2.34. The minimum atomic E-state index is -3.63. The molecule has 0 fully saturated rings. The number of rotatable bonds is 3. The normalized spacial score (nSPS) is 10.8. The monoisotopic (exact) mass is 307 g/mol. The Labute approximate surface area is 103 Å². The van der Waals surface area contributed by atoms with Crippen molar-refractivity contribution in [3.63, 3.8) is 0 Å². The van der Waals surface area contributed by atoms with Crippen LogP contribution in [0.4, 0.5) is 25.0 Å². The van der Waals surface area contributed by atoms with Crippen molar-refractivity contribution in [2.24, 2.45) is 5.73 Å². The molecular weight excluding hydrogens is 300 g/mol. The van der Waals surface area contributed by atoms with Crippen LogP contribution in [-0.2, 0) is 4.79 Å². The molecule has 1 aromatic carbocycles. The number of carbonyl (C=O) groups is 2. The number of hydrogen-bond donors (Lipinski definition) is 3. The molecule has 0 bridgehead atoms. The van der Waals surface area contributed by atoms with E-state index in [1.54, 1.807) is 0 Å². The quantitative estimate of drug-likeness (QED) is 0.747. The van der Waals surface area contributed by atoms with Gasteiger partial charge in [0.1, 0.15) is 0 Å². The zero-order valence-corrected chi connectivity index (χ0v) is 9.92. The van der Waals surface area contributed by atoms with Crippen LogP contribution in [-0.4, -0.2) is 16.8 Å². The minimum absolute atomic E-state index is 0.171. The first-order valence-corrected chi connectivity index (χ1v) is 5.13. The van der Waals surface area contributed by atoms with Crippen molar-refractivity contribution in [3.8, 4) is 0 Å². The number of alkyl halides is 3. The summed E-state index contributed by atoms with van der Waals surface area (Å²) in [6.07, 6.45) is 0. The van der Waals surface area contributed by atoms with E-state index < -0.39 is 16.8 Å². The molecule has 0 aliphatic heterocycles. The molecule has 0 atom stereocenters. The van der Waals surface area contributed by atoms with E-state index in [1.807, 2.05) is 21.2 Å². The van der Waals surface area contributed by atoms with Crippen LogP contribution in [0.25, 0.3) is 0 Å². The second kappa shape index (κ2) is 5.09. The van der Waals surface area contributed by atoms with Crippen molar-refractivity contribution in [3.05, 3.63) is 24.3 Å². The second-order valence-corrected chi connectivity index (χ2v) is 4.01. The molecule has 8 heteroatoms. The third kappa shape index (κ3) is 4.35. The van der Waals surface area contributed by atoms with Gasteiger partial charge in [-0.25, -0.2) is 4.79 Å². The predicted molar refractivity (Wildman–Crippen MR) is 62.2 cm³/mol. The maximum Gasteiger partial charge on any atom is 0.378 e. The molecule has 0 aliphatic rings. The predicted octanol–water partition coefficient (Wildman–Crippen LogP) is 2.10. The molecule has 0 unspecified atom stereocenters. The first kappa shape index (κ1) is 13.4. The van der Waals surface area contributed by atoms with Crippen molar-refractivity contribution in [1.82, 2.24) is 0 Å². The Morgan fingerprint density at radius 1 is 1.12 bits per heavy atom. The minimum Gasteiger partial charge on any atom is -0.351 e. The van der Waals surface area contributed by atoms with Gasteiger partial charge >= 0.3 is 16.8 Å². The van der Waals surface area contributed by atoms with Crippen LogP contribution >= 0.6 is 15.9 Å². The summed E-state index contributed by atoms with van der Waals surface area (Å²) in [6, 6.07) is 4.78. The summed E-state index contributed by atoms with van der Waals surface area (Å²) in [5, 5.41) is 4.27. The third-order valence-electron chi connectivity index (χ3n) is 1.67. The zero-order chi connectivity index (χ0) is 13.1. The molecule has 4 N–H and O–H groups in total. The Morgan fingerprint density at radius 3 is 1.88 bits per heavy atom. The average molecular weight is 308 g/mol. The second-order valence-electron chi connectivity index (χ2n) is 3.02. The van der Waals surface area contributed by atoms with Gasteiger partial charge in [-0.1, -0.05) is 0 Å². The van der Waals surface area contributed by atoms with Crippen LogP contribution in [0.2, 0.25) is 0 Å². The van der Waals surface area contributed by atoms with Gasteiger partial charge in [-0.15, -0.1) is 0 Å². The fraction of sp³-hybridized carbons (Fsp3) is 0.111. The Bertz CT molecular complexity index is 431. The molecule has 3 amide bonds. The molecule has 0 saturated heterocycles. The number of carbonyl (C=O) groups excluding carboxylic acids is 2. The van der Waals surface area contributed by atoms with Gasteiger partial charge in [0.05, 0.1) is 0 Å². The van der Waals surface area contributed by atoms with E-state index in [4.69, 9.17) is 5.73 Å². The molecule has 0 radical (unpaired) electrons. The molecule has 1 aromatic rings. The smallest absolute Gasteiger partial charge is 0.351 e. The van der Waals surface area contributed by atoms with Gasteiger partial charge in [0.2, 0.25) is 0 Å². The van der Waals surface area contributed by atoms with Crippen molar-refractivity contribution in [1.29, 1.82) is 0 Å². The number of anilines is 2. The fourth-order valence-electron chi connectivity index (χ4n) is 0.981. The maximum absolute atomic E-state index is 12.5. The van der Waals surface area contributed by atoms with Crippen molar-refractivity contribution in [2.45, 2.75) is 4.83 Å². The number of amides is 3. The number of nitrogens with one attached hydrogen (secondary N) is 2. The van der Waals surface area contributed by atoms with Crippen LogP contribution in [0, 0.1) is 0 Å². The zero-order valence-electron chi connectivity index (χ0n) is 8.34. The molecule has 17 heavy (non-hydrogen) atoms. The Morgan fingerprint density at radius 2 is 1.53 bits per heavy atom. The summed E-state index contributed by atoms with van der Waals surface area (Å²) in [6.45, 7) is 0. The van der Waals surface area contributed by atoms with Gasteiger partial charge in [0.25, 0.3) is 0 Å². The SMILES string of the molecule is NC(=O)Nc1ccc(NC(=O)C(F)(F)Br)cc1. The first-order chi connectivity index (χ1) is 7.79. The average Bonchev–Trinajstić information content (AvgIpc) is 2.18. The fourth-order valence-corrected chi connectivity index (χ4v) is 1.08. The van der Waals surface area contributed by atoms with Gasteiger partial charge < -0.3 is 16.4 Å². The number of benzene rings is 1. The van der Waals surface area contributed by atoms with Crippen molar-refractivity contribution >= 4 is 39.2 Å². The lowest BCUT2D eigenvalue weighted by atomic mass is 10.3. The lowest BCUT2D eigenvalue weighted by Gasteiger charge is -2.09. The number of primary amides is 1. The Hall–Kier alpha value is -1.70. The molecule has 0 heterocycles. The first-order valence-electron chi connectivity index (χ1n) is 4.34. The summed E-state index contributed by atoms with van der Waals surface area (Å²) < 4.78 is 25.0. The lowest BCUT2D eigenvalue weighted by molar-refractivity contribution is -0.128.